The maximum absolute atomic E-state index is 12.8. The number of aromatic nitrogens is 2. The first-order chi connectivity index (χ1) is 14.8. The summed E-state index contributed by atoms with van der Waals surface area (Å²) in [6.45, 7) is 1.24. The van der Waals surface area contributed by atoms with Crippen LogP contribution in [0.3, 0.4) is 0 Å². The molecule has 6 nitrogen and oxygen atoms in total. The number of alkyl halides is 3. The molecule has 0 saturated carbocycles. The molecule has 0 unspecified atom stereocenters. The summed E-state index contributed by atoms with van der Waals surface area (Å²) in [6, 6.07) is 13.4. The van der Waals surface area contributed by atoms with Crippen molar-refractivity contribution in [2.24, 2.45) is 0 Å². The fourth-order valence-corrected chi connectivity index (χ4v) is 3.94. The van der Waals surface area contributed by atoms with Crippen LogP contribution in [0.25, 0.3) is 11.0 Å². The van der Waals surface area contributed by atoms with Crippen LogP contribution in [0.2, 0.25) is 0 Å². The van der Waals surface area contributed by atoms with Crippen LogP contribution in [0.1, 0.15) is 24.8 Å². The Morgan fingerprint density at radius 2 is 1.94 bits per heavy atom. The number of hydrogen-bond donors (Lipinski definition) is 1. The van der Waals surface area contributed by atoms with Gasteiger partial charge < -0.3 is 19.4 Å². The van der Waals surface area contributed by atoms with E-state index in [4.69, 9.17) is 4.74 Å². The zero-order chi connectivity index (χ0) is 21.9. The molecule has 1 N–H and O–H groups in total. The lowest BCUT2D eigenvalue weighted by atomic mass is 9.82. The van der Waals surface area contributed by atoms with Crippen LogP contribution in [0.5, 0.6) is 5.75 Å². The Balaban J connectivity index is 1.50. The number of rotatable bonds is 6. The number of ether oxygens (including phenoxy) is 2. The number of nitrogens with zero attached hydrogens (tertiary/aromatic N) is 2. The second kappa shape index (κ2) is 8.58. The smallest absolute Gasteiger partial charge is 0.406 e. The number of imidazole rings is 1. The highest BCUT2D eigenvalue weighted by atomic mass is 19.4. The highest BCUT2D eigenvalue weighted by Crippen LogP contribution is 2.35. The first-order valence-corrected chi connectivity index (χ1v) is 10.00. The van der Waals surface area contributed by atoms with E-state index in [9.17, 15) is 18.0 Å². The van der Waals surface area contributed by atoms with E-state index in [2.05, 4.69) is 15.0 Å². The van der Waals surface area contributed by atoms with Crippen molar-refractivity contribution in [3.8, 4) is 5.75 Å². The van der Waals surface area contributed by atoms with E-state index in [0.29, 0.717) is 38.2 Å². The molecule has 164 valence electrons. The summed E-state index contributed by atoms with van der Waals surface area (Å²) < 4.78 is 49.3. The number of amides is 1. The zero-order valence-electron chi connectivity index (χ0n) is 16.7. The Morgan fingerprint density at radius 3 is 2.71 bits per heavy atom. The number of fused-ring (bicyclic) bond motifs is 1. The van der Waals surface area contributed by atoms with Crippen LogP contribution in [-0.2, 0) is 21.6 Å². The van der Waals surface area contributed by atoms with Gasteiger partial charge in [-0.1, -0.05) is 24.3 Å². The maximum Gasteiger partial charge on any atom is 0.573 e. The van der Waals surface area contributed by atoms with Gasteiger partial charge in [-0.15, -0.1) is 13.2 Å². The molecule has 1 amide bonds. The SMILES string of the molecule is O=C(CCn1cnc2ccccc21)NC1(c2cccc(OC(F)(F)F)c2)CCOCC1. The lowest BCUT2D eigenvalue weighted by Crippen LogP contribution is -2.49. The van der Waals surface area contributed by atoms with E-state index in [-0.39, 0.29) is 18.1 Å². The molecular weight excluding hydrogens is 411 g/mol. The highest BCUT2D eigenvalue weighted by molar-refractivity contribution is 5.78. The molecule has 1 aliphatic heterocycles. The first-order valence-electron chi connectivity index (χ1n) is 10.00. The largest absolute Gasteiger partial charge is 0.573 e. The Labute approximate surface area is 177 Å². The Morgan fingerprint density at radius 1 is 1.16 bits per heavy atom. The van der Waals surface area contributed by atoms with Crippen molar-refractivity contribution in [1.29, 1.82) is 0 Å². The molecule has 1 aromatic heterocycles. The molecule has 0 radical (unpaired) electrons. The molecule has 0 spiro atoms. The van der Waals surface area contributed by atoms with Crippen molar-refractivity contribution in [2.75, 3.05) is 13.2 Å². The Bertz CT molecular complexity index is 1060. The van der Waals surface area contributed by atoms with Crippen LogP contribution in [0, 0.1) is 0 Å². The van der Waals surface area contributed by atoms with Crippen molar-refractivity contribution in [3.05, 3.63) is 60.4 Å². The summed E-state index contributed by atoms with van der Waals surface area (Å²) in [4.78, 5) is 17.2. The highest BCUT2D eigenvalue weighted by Gasteiger charge is 2.37. The average molecular weight is 433 g/mol. The second-order valence-corrected chi connectivity index (χ2v) is 7.49. The number of carbonyl (C=O) groups excluding carboxylic acids is 1. The predicted molar refractivity (Wildman–Crippen MR) is 107 cm³/mol. The molecule has 0 atom stereocenters. The third-order valence-electron chi connectivity index (χ3n) is 5.45. The van der Waals surface area contributed by atoms with Gasteiger partial charge >= 0.3 is 6.36 Å². The van der Waals surface area contributed by atoms with Crippen molar-refractivity contribution in [3.63, 3.8) is 0 Å². The number of benzene rings is 2. The topological polar surface area (TPSA) is 65.4 Å². The van der Waals surface area contributed by atoms with E-state index in [0.717, 1.165) is 11.0 Å². The Hall–Kier alpha value is -3.07. The van der Waals surface area contributed by atoms with Crippen molar-refractivity contribution >= 4 is 16.9 Å². The van der Waals surface area contributed by atoms with E-state index < -0.39 is 11.9 Å². The van der Waals surface area contributed by atoms with Gasteiger partial charge in [-0.05, 0) is 42.7 Å². The summed E-state index contributed by atoms with van der Waals surface area (Å²) in [5.41, 5.74) is 1.55. The fourth-order valence-electron chi connectivity index (χ4n) is 3.94. The lowest BCUT2D eigenvalue weighted by Gasteiger charge is -2.38. The summed E-state index contributed by atoms with van der Waals surface area (Å²) in [7, 11) is 0. The van der Waals surface area contributed by atoms with E-state index >= 15 is 0 Å². The number of halogens is 3. The molecule has 0 aliphatic carbocycles. The minimum absolute atomic E-state index is 0.193. The van der Waals surface area contributed by atoms with Gasteiger partial charge in [0.2, 0.25) is 5.91 Å². The molecule has 3 aromatic rings. The van der Waals surface area contributed by atoms with Crippen molar-refractivity contribution in [1.82, 2.24) is 14.9 Å². The standard InChI is InChI=1S/C22H22F3N3O3/c23-22(24,25)31-17-5-3-4-16(14-17)21(9-12-30-13-10-21)27-20(29)8-11-28-15-26-18-6-1-2-7-19(18)28/h1-7,14-15H,8-13H2,(H,27,29). The Kier molecular flexibility index (Phi) is 5.86. The van der Waals surface area contributed by atoms with Crippen molar-refractivity contribution in [2.45, 2.75) is 37.7 Å². The normalized spacial score (nSPS) is 16.2. The molecule has 1 aliphatic rings. The number of aryl methyl sites for hydroxylation is 1. The summed E-state index contributed by atoms with van der Waals surface area (Å²) in [6.07, 6.45) is -1.95. The van der Waals surface area contributed by atoms with E-state index in [1.165, 1.54) is 18.2 Å². The molecule has 1 saturated heterocycles. The number of carbonyl (C=O) groups is 1. The maximum atomic E-state index is 12.8. The first kappa shape index (κ1) is 21.2. The van der Waals surface area contributed by atoms with Gasteiger partial charge in [0.1, 0.15) is 5.75 Å². The van der Waals surface area contributed by atoms with Crippen LogP contribution in [-0.4, -0.2) is 35.0 Å². The monoisotopic (exact) mass is 433 g/mol. The quantitative estimate of drug-likeness (QED) is 0.635. The molecule has 9 heteroatoms. The second-order valence-electron chi connectivity index (χ2n) is 7.49. The van der Waals surface area contributed by atoms with Crippen LogP contribution < -0.4 is 10.1 Å². The number of nitrogens with one attached hydrogen (secondary N) is 1. The molecule has 4 rings (SSSR count). The van der Waals surface area contributed by atoms with Gasteiger partial charge in [0.05, 0.1) is 22.9 Å². The molecular formula is C22H22F3N3O3. The van der Waals surface area contributed by atoms with E-state index in [1.54, 1.807) is 12.4 Å². The van der Waals surface area contributed by atoms with Crippen molar-refractivity contribution < 1.29 is 27.4 Å². The minimum atomic E-state index is -4.78. The third-order valence-corrected chi connectivity index (χ3v) is 5.45. The van der Waals surface area contributed by atoms with Gasteiger partial charge in [-0.2, -0.15) is 0 Å². The fraction of sp³-hybridized carbons (Fsp3) is 0.364. The minimum Gasteiger partial charge on any atom is -0.406 e. The van der Waals surface area contributed by atoms with E-state index in [1.807, 2.05) is 28.8 Å². The number of hydrogen-bond acceptors (Lipinski definition) is 4. The van der Waals surface area contributed by atoms with Crippen LogP contribution in [0.4, 0.5) is 13.2 Å². The molecule has 2 heterocycles. The number of para-hydroxylation sites is 2. The van der Waals surface area contributed by atoms with Crippen LogP contribution >= 0.6 is 0 Å². The molecule has 0 bridgehead atoms. The third kappa shape index (κ3) is 4.99. The predicted octanol–water partition coefficient (Wildman–Crippen LogP) is 4.15. The lowest BCUT2D eigenvalue weighted by molar-refractivity contribution is -0.274. The van der Waals surface area contributed by atoms with Gasteiger partial charge in [0, 0.05) is 26.2 Å². The summed E-state index contributed by atoms with van der Waals surface area (Å²) in [5, 5.41) is 3.06. The van der Waals surface area contributed by atoms with Gasteiger partial charge in [0.25, 0.3) is 0 Å². The van der Waals surface area contributed by atoms with Gasteiger partial charge in [0.15, 0.2) is 0 Å². The molecule has 2 aromatic carbocycles. The van der Waals surface area contributed by atoms with Gasteiger partial charge in [-0.3, -0.25) is 4.79 Å². The zero-order valence-corrected chi connectivity index (χ0v) is 16.7. The average Bonchev–Trinajstić information content (AvgIpc) is 3.15. The van der Waals surface area contributed by atoms with Crippen LogP contribution in [0.15, 0.2) is 54.9 Å². The molecule has 1 fully saturated rings. The molecule has 31 heavy (non-hydrogen) atoms. The summed E-state index contributed by atoms with van der Waals surface area (Å²) >= 11 is 0. The summed E-state index contributed by atoms with van der Waals surface area (Å²) in [5.74, 6) is -0.503. The van der Waals surface area contributed by atoms with Gasteiger partial charge in [-0.25, -0.2) is 4.98 Å².